The van der Waals surface area contributed by atoms with Gasteiger partial charge in [-0.15, -0.1) is 13.2 Å². The Balaban J connectivity index is 1.26. The molecule has 0 saturated carbocycles. The van der Waals surface area contributed by atoms with Gasteiger partial charge in [0.2, 0.25) is 0 Å². The van der Waals surface area contributed by atoms with Crippen LogP contribution in [0, 0.1) is 17.5 Å². The van der Waals surface area contributed by atoms with Gasteiger partial charge in [-0.2, -0.15) is 8.78 Å². The summed E-state index contributed by atoms with van der Waals surface area (Å²) in [5, 5.41) is 0. The van der Waals surface area contributed by atoms with E-state index in [0.29, 0.717) is 28.3 Å². The van der Waals surface area contributed by atoms with Crippen molar-refractivity contribution in [2.24, 2.45) is 0 Å². The van der Waals surface area contributed by atoms with E-state index in [9.17, 15) is 26.3 Å². The van der Waals surface area contributed by atoms with Crippen molar-refractivity contribution in [1.82, 2.24) is 0 Å². The van der Waals surface area contributed by atoms with Gasteiger partial charge in [-0.1, -0.05) is 80.4 Å². The van der Waals surface area contributed by atoms with Crippen LogP contribution in [0.15, 0.2) is 103 Å². The lowest BCUT2D eigenvalue weighted by Gasteiger charge is -2.19. The van der Waals surface area contributed by atoms with E-state index >= 15 is 8.78 Å². The van der Waals surface area contributed by atoms with E-state index in [1.165, 1.54) is 42.5 Å². The molecule has 244 valence electrons. The average molecular weight is 657 g/mol. The van der Waals surface area contributed by atoms with E-state index in [2.05, 4.69) is 11.7 Å². The summed E-state index contributed by atoms with van der Waals surface area (Å²) in [5.41, 5.74) is 1.99. The molecule has 0 atom stereocenters. The molecule has 5 aromatic rings. The molecule has 0 aromatic heterocycles. The number of hydrogen-bond donors (Lipinski definition) is 0. The highest BCUT2D eigenvalue weighted by Crippen LogP contribution is 2.37. The first-order chi connectivity index (χ1) is 22.3. The van der Waals surface area contributed by atoms with E-state index in [1.807, 2.05) is 24.3 Å². The quantitative estimate of drug-likeness (QED) is 0.104. The third kappa shape index (κ3) is 8.30. The molecule has 0 bridgehead atoms. The fraction of sp³-hybridized carbons (Fsp3) is 0.189. The van der Waals surface area contributed by atoms with E-state index in [0.717, 1.165) is 61.6 Å². The van der Waals surface area contributed by atoms with Crippen molar-refractivity contribution in [2.45, 2.75) is 45.1 Å². The Labute approximate surface area is 266 Å². The summed E-state index contributed by atoms with van der Waals surface area (Å²) >= 11 is 0. The van der Waals surface area contributed by atoms with Crippen molar-refractivity contribution in [3.05, 3.63) is 132 Å². The summed E-state index contributed by atoms with van der Waals surface area (Å²) in [4.78, 5) is 0. The van der Waals surface area contributed by atoms with Crippen LogP contribution in [0.3, 0.4) is 0 Å². The molecule has 2 nitrogen and oxygen atoms in total. The van der Waals surface area contributed by atoms with Gasteiger partial charge in [-0.05, 0) is 88.7 Å². The van der Waals surface area contributed by atoms with Crippen LogP contribution in [0.5, 0.6) is 11.5 Å². The Hall–Kier alpha value is -4.86. The van der Waals surface area contributed by atoms with Crippen LogP contribution in [-0.4, -0.2) is 6.36 Å². The van der Waals surface area contributed by atoms with Crippen molar-refractivity contribution in [2.75, 3.05) is 0 Å². The van der Waals surface area contributed by atoms with Crippen LogP contribution >= 0.6 is 0 Å². The molecular weight excluding hydrogens is 628 g/mol. The molecule has 0 heterocycles. The monoisotopic (exact) mass is 656 g/mol. The van der Waals surface area contributed by atoms with E-state index in [4.69, 9.17) is 4.74 Å². The number of benzene rings is 5. The molecule has 0 aliphatic rings. The maximum atomic E-state index is 15.1. The molecule has 5 rings (SSSR count). The number of halogens is 8. The van der Waals surface area contributed by atoms with E-state index in [1.54, 1.807) is 0 Å². The predicted octanol–water partition coefficient (Wildman–Crippen LogP) is 11.9. The van der Waals surface area contributed by atoms with Gasteiger partial charge in [-0.25, -0.2) is 13.2 Å². The number of ether oxygens (including phenoxy) is 2. The molecule has 5 aromatic carbocycles. The Morgan fingerprint density at radius 2 is 1.09 bits per heavy atom. The maximum absolute atomic E-state index is 15.1. The van der Waals surface area contributed by atoms with Crippen molar-refractivity contribution in [3.8, 4) is 44.9 Å². The predicted molar refractivity (Wildman–Crippen MR) is 163 cm³/mol. The SMILES string of the molecule is CCCCCc1ccc(-c2ccc(C(F)(F)Oc3ccc(-c4ccc(-c5ccc(OC(F)(F)F)c(F)c5)c(F)c4)cc3)c(F)c2)cc1. The summed E-state index contributed by atoms with van der Waals surface area (Å²) in [7, 11) is 0. The van der Waals surface area contributed by atoms with Crippen LogP contribution in [0.25, 0.3) is 33.4 Å². The summed E-state index contributed by atoms with van der Waals surface area (Å²) < 4.78 is 120. The zero-order valence-corrected chi connectivity index (χ0v) is 25.0. The smallest absolute Gasteiger partial charge is 0.429 e. The minimum Gasteiger partial charge on any atom is -0.429 e. The summed E-state index contributed by atoms with van der Waals surface area (Å²) in [6.07, 6.45) is -4.85. The topological polar surface area (TPSA) is 18.5 Å². The fourth-order valence-electron chi connectivity index (χ4n) is 5.10. The Morgan fingerprint density at radius 3 is 1.66 bits per heavy atom. The molecule has 0 spiro atoms. The molecule has 10 heteroatoms. The van der Waals surface area contributed by atoms with Crippen LogP contribution in [-0.2, 0) is 12.5 Å². The van der Waals surface area contributed by atoms with Gasteiger partial charge in [-0.3, -0.25) is 0 Å². The molecule has 0 aliphatic heterocycles. The van der Waals surface area contributed by atoms with Crippen LogP contribution < -0.4 is 9.47 Å². The molecular formula is C37H28F8O2. The van der Waals surface area contributed by atoms with Gasteiger partial charge < -0.3 is 9.47 Å². The second-order valence-electron chi connectivity index (χ2n) is 10.9. The number of rotatable bonds is 11. The second kappa shape index (κ2) is 13.9. The first-order valence-electron chi connectivity index (χ1n) is 14.7. The van der Waals surface area contributed by atoms with Gasteiger partial charge in [0.05, 0.1) is 5.56 Å². The van der Waals surface area contributed by atoms with Crippen molar-refractivity contribution in [1.29, 1.82) is 0 Å². The number of aryl methyl sites for hydroxylation is 1. The van der Waals surface area contributed by atoms with Crippen LogP contribution in [0.4, 0.5) is 35.1 Å². The number of alkyl halides is 5. The van der Waals surface area contributed by atoms with Gasteiger partial charge in [0, 0.05) is 5.56 Å². The molecule has 0 amide bonds. The van der Waals surface area contributed by atoms with Crippen molar-refractivity contribution < 1.29 is 44.6 Å². The van der Waals surface area contributed by atoms with Gasteiger partial charge >= 0.3 is 12.5 Å². The zero-order valence-electron chi connectivity index (χ0n) is 25.0. The molecule has 0 radical (unpaired) electrons. The highest BCUT2D eigenvalue weighted by molar-refractivity contribution is 5.72. The molecule has 47 heavy (non-hydrogen) atoms. The van der Waals surface area contributed by atoms with Crippen LogP contribution in [0.1, 0.15) is 37.3 Å². The first-order valence-corrected chi connectivity index (χ1v) is 14.7. The Morgan fingerprint density at radius 1 is 0.532 bits per heavy atom. The summed E-state index contributed by atoms with van der Waals surface area (Å²) in [6, 6.07) is 22.6. The van der Waals surface area contributed by atoms with Gasteiger partial charge in [0.25, 0.3) is 0 Å². The number of hydrogen-bond acceptors (Lipinski definition) is 2. The summed E-state index contributed by atoms with van der Waals surface area (Å²) in [6.45, 7) is 2.13. The Bertz CT molecular complexity index is 1830. The van der Waals surface area contributed by atoms with E-state index in [-0.39, 0.29) is 16.9 Å². The zero-order chi connectivity index (χ0) is 33.8. The molecule has 0 fully saturated rings. The molecule has 0 unspecified atom stereocenters. The average Bonchev–Trinajstić information content (AvgIpc) is 3.02. The lowest BCUT2D eigenvalue weighted by Crippen LogP contribution is -2.23. The Kier molecular flexibility index (Phi) is 9.88. The van der Waals surface area contributed by atoms with Crippen molar-refractivity contribution in [3.63, 3.8) is 0 Å². The third-order valence-electron chi connectivity index (χ3n) is 7.51. The van der Waals surface area contributed by atoms with Crippen LogP contribution in [0.2, 0.25) is 0 Å². The lowest BCUT2D eigenvalue weighted by molar-refractivity contribution is -0.275. The van der Waals surface area contributed by atoms with Crippen molar-refractivity contribution >= 4 is 0 Å². The first kappa shape index (κ1) is 33.5. The van der Waals surface area contributed by atoms with E-state index < -0.39 is 41.2 Å². The lowest BCUT2D eigenvalue weighted by atomic mass is 9.99. The standard InChI is InChI=1S/C37H28F8O2/c1-2-3-4-5-23-6-8-24(9-7-23)27-13-18-31(33(39)21-27)36(41,42)46-29-15-10-25(11-16-29)26-12-17-30(32(38)20-26)28-14-19-35(34(40)22-28)47-37(43,44)45/h6-22H,2-5H2,1H3. The normalized spacial score (nSPS) is 11.9. The largest absolute Gasteiger partial charge is 0.573 e. The maximum Gasteiger partial charge on any atom is 0.573 e. The molecule has 0 aliphatic carbocycles. The highest BCUT2D eigenvalue weighted by Gasteiger charge is 2.38. The molecule has 0 saturated heterocycles. The minimum atomic E-state index is -5.09. The molecule has 0 N–H and O–H groups in total. The van der Waals surface area contributed by atoms with Gasteiger partial charge in [0.15, 0.2) is 11.6 Å². The number of unbranched alkanes of at least 4 members (excludes halogenated alkanes) is 2. The second-order valence-corrected chi connectivity index (χ2v) is 10.9. The minimum absolute atomic E-state index is 0.0250. The third-order valence-corrected chi connectivity index (χ3v) is 7.51. The fourth-order valence-corrected chi connectivity index (χ4v) is 5.10. The highest BCUT2D eigenvalue weighted by atomic mass is 19.4. The summed E-state index contributed by atoms with van der Waals surface area (Å²) in [5.74, 6) is -4.58. The van der Waals surface area contributed by atoms with Gasteiger partial charge in [0.1, 0.15) is 17.4 Å².